The summed E-state index contributed by atoms with van der Waals surface area (Å²) < 4.78 is 56.5. The van der Waals surface area contributed by atoms with E-state index in [1.54, 1.807) is 20.3 Å². The van der Waals surface area contributed by atoms with Crippen LogP contribution in [0.25, 0.3) is 33.1 Å². The molecule has 2 aromatic heterocycles. The molecular weight excluding hydrogens is 450 g/mol. The average molecular weight is 467 g/mol. The number of rotatable bonds is 3. The lowest BCUT2D eigenvalue weighted by molar-refractivity contribution is -0.192. The number of phenolic OH excluding ortho intramolecular Hbond substituents is 1. The molecule has 2 aromatic carbocycles. The number of aliphatic carboxylic acids is 1. The molecule has 0 atom stereocenters. The van der Waals surface area contributed by atoms with Crippen LogP contribution < -0.4 is 9.47 Å². The van der Waals surface area contributed by atoms with E-state index in [0.29, 0.717) is 28.4 Å². The first-order valence-electron chi connectivity index (χ1n) is 9.17. The van der Waals surface area contributed by atoms with Crippen molar-refractivity contribution in [3.05, 3.63) is 41.8 Å². The second-order valence-electron chi connectivity index (χ2n) is 6.73. The molecule has 0 saturated heterocycles. The van der Waals surface area contributed by atoms with Gasteiger partial charge in [-0.2, -0.15) is 18.3 Å². The zero-order valence-corrected chi connectivity index (χ0v) is 17.4. The van der Waals surface area contributed by atoms with Gasteiger partial charge in [0.05, 0.1) is 19.9 Å². The van der Waals surface area contributed by atoms with E-state index in [1.807, 2.05) is 19.1 Å². The fourth-order valence-electron chi connectivity index (χ4n) is 3.14. The fourth-order valence-corrected chi connectivity index (χ4v) is 3.14. The third-order valence-corrected chi connectivity index (χ3v) is 4.66. The summed E-state index contributed by atoms with van der Waals surface area (Å²) >= 11 is 0. The number of hydrogen-bond donors (Lipinski definition) is 3. The summed E-state index contributed by atoms with van der Waals surface area (Å²) in [5.74, 6) is -2.75. The van der Waals surface area contributed by atoms with Crippen LogP contribution in [0.15, 0.2) is 30.3 Å². The van der Waals surface area contributed by atoms with Gasteiger partial charge in [0.15, 0.2) is 28.7 Å². The van der Waals surface area contributed by atoms with Crippen LogP contribution in [0, 0.1) is 12.7 Å². The molecule has 4 aromatic rings. The van der Waals surface area contributed by atoms with Crippen LogP contribution in [0.3, 0.4) is 0 Å². The summed E-state index contributed by atoms with van der Waals surface area (Å²) in [5.41, 5.74) is 2.46. The van der Waals surface area contributed by atoms with Gasteiger partial charge in [0.2, 0.25) is 0 Å². The topological polar surface area (TPSA) is 118 Å². The number of aromatic hydroxyl groups is 1. The number of carboxylic acids is 1. The minimum atomic E-state index is -5.08. The van der Waals surface area contributed by atoms with E-state index in [2.05, 4.69) is 15.2 Å². The molecule has 0 aliphatic heterocycles. The Morgan fingerprint density at radius 1 is 1.06 bits per heavy atom. The number of H-pyrrole nitrogens is 1. The van der Waals surface area contributed by atoms with Crippen LogP contribution >= 0.6 is 0 Å². The lowest BCUT2D eigenvalue weighted by Gasteiger charge is -2.13. The largest absolute Gasteiger partial charge is 0.505 e. The number of pyridine rings is 1. The van der Waals surface area contributed by atoms with E-state index in [9.17, 15) is 22.7 Å². The minimum Gasteiger partial charge on any atom is -0.505 e. The maximum absolute atomic E-state index is 13.9. The molecule has 174 valence electrons. The number of phenols is 1. The molecule has 2 heterocycles. The van der Waals surface area contributed by atoms with Crippen molar-refractivity contribution in [3.8, 4) is 28.5 Å². The van der Waals surface area contributed by atoms with Gasteiger partial charge in [-0.25, -0.2) is 14.2 Å². The van der Waals surface area contributed by atoms with Crippen LogP contribution in [0.5, 0.6) is 17.2 Å². The number of aryl methyl sites for hydroxylation is 1. The molecule has 0 aliphatic rings. The van der Waals surface area contributed by atoms with Crippen LogP contribution in [-0.2, 0) is 4.79 Å². The molecule has 0 unspecified atom stereocenters. The van der Waals surface area contributed by atoms with E-state index < -0.39 is 23.7 Å². The summed E-state index contributed by atoms with van der Waals surface area (Å²) in [6.45, 7) is 1.91. The molecule has 8 nitrogen and oxygen atoms in total. The van der Waals surface area contributed by atoms with Crippen LogP contribution in [0.4, 0.5) is 17.6 Å². The second-order valence-corrected chi connectivity index (χ2v) is 6.73. The SMILES string of the molecule is COc1cc2c(-c3ccc(O)c(F)c3)nc3n[nH]c(C)c3c2cc1OC.O=C(O)C(F)(F)F. The van der Waals surface area contributed by atoms with Gasteiger partial charge in [-0.15, -0.1) is 0 Å². The van der Waals surface area contributed by atoms with Crippen molar-refractivity contribution < 1.29 is 42.0 Å². The molecule has 0 amide bonds. The number of halogens is 4. The highest BCUT2D eigenvalue weighted by molar-refractivity contribution is 6.12. The van der Waals surface area contributed by atoms with Gasteiger partial charge in [-0.1, -0.05) is 0 Å². The highest BCUT2D eigenvalue weighted by Crippen LogP contribution is 2.40. The normalized spacial score (nSPS) is 11.2. The number of carbonyl (C=O) groups is 1. The van der Waals surface area contributed by atoms with Gasteiger partial charge in [0.25, 0.3) is 0 Å². The van der Waals surface area contributed by atoms with Crippen molar-refractivity contribution in [2.45, 2.75) is 13.1 Å². The number of methoxy groups -OCH3 is 2. The van der Waals surface area contributed by atoms with Crippen LogP contribution in [0.1, 0.15) is 5.69 Å². The van der Waals surface area contributed by atoms with Crippen molar-refractivity contribution in [1.29, 1.82) is 0 Å². The Morgan fingerprint density at radius 2 is 1.64 bits per heavy atom. The summed E-state index contributed by atoms with van der Waals surface area (Å²) in [4.78, 5) is 13.5. The third-order valence-electron chi connectivity index (χ3n) is 4.66. The van der Waals surface area contributed by atoms with Crippen molar-refractivity contribution >= 4 is 27.8 Å². The average Bonchev–Trinajstić information content (AvgIpc) is 3.14. The molecule has 3 N–H and O–H groups in total. The number of nitrogens with zero attached hydrogens (tertiary/aromatic N) is 2. The zero-order valence-electron chi connectivity index (χ0n) is 17.4. The number of fused-ring (bicyclic) bond motifs is 3. The molecule has 0 spiro atoms. The monoisotopic (exact) mass is 467 g/mol. The van der Waals surface area contributed by atoms with Crippen LogP contribution in [0.2, 0.25) is 0 Å². The number of hydrogen-bond acceptors (Lipinski definition) is 6. The number of alkyl halides is 3. The van der Waals surface area contributed by atoms with Gasteiger partial charge < -0.3 is 19.7 Å². The molecular formula is C21H17F4N3O5. The van der Waals surface area contributed by atoms with Gasteiger partial charge in [-0.3, -0.25) is 5.10 Å². The van der Waals surface area contributed by atoms with E-state index in [-0.39, 0.29) is 0 Å². The first-order chi connectivity index (χ1) is 15.5. The summed E-state index contributed by atoms with van der Waals surface area (Å²) in [7, 11) is 3.12. The molecule has 0 aliphatic carbocycles. The standard InChI is InChI=1S/C19H16FN3O3.C2HF3O2/c1-9-17-11-7-15(25-2)16(26-3)8-12(11)18(21-19(17)23-22-9)10-4-5-14(24)13(20)6-10;3-2(4,5)1(6)7/h4-8,24H,1-3H3,(H,21,22,23);(H,6,7). The van der Waals surface area contributed by atoms with Crippen LogP contribution in [-0.4, -0.2) is 51.8 Å². The number of carboxylic acid groups (broad SMARTS) is 1. The Kier molecular flexibility index (Phi) is 6.29. The zero-order chi connectivity index (χ0) is 24.5. The van der Waals surface area contributed by atoms with E-state index in [1.165, 1.54) is 12.1 Å². The summed E-state index contributed by atoms with van der Waals surface area (Å²) in [6, 6.07) is 7.84. The molecule has 0 radical (unpaired) electrons. The smallest absolute Gasteiger partial charge is 0.490 e. The number of benzene rings is 2. The fraction of sp³-hybridized carbons (Fsp3) is 0.190. The van der Waals surface area contributed by atoms with E-state index >= 15 is 0 Å². The Labute approximate surface area is 183 Å². The predicted molar refractivity (Wildman–Crippen MR) is 110 cm³/mol. The number of nitrogens with one attached hydrogen (secondary N) is 1. The van der Waals surface area contributed by atoms with Crippen molar-refractivity contribution in [2.24, 2.45) is 0 Å². The van der Waals surface area contributed by atoms with Gasteiger partial charge in [-0.05, 0) is 37.3 Å². The number of aromatic amines is 1. The maximum atomic E-state index is 13.9. The summed E-state index contributed by atoms with van der Waals surface area (Å²) in [6.07, 6.45) is -5.08. The Morgan fingerprint density at radius 3 is 2.15 bits per heavy atom. The van der Waals surface area contributed by atoms with Gasteiger partial charge in [0, 0.05) is 27.4 Å². The van der Waals surface area contributed by atoms with Crippen molar-refractivity contribution in [3.63, 3.8) is 0 Å². The molecule has 33 heavy (non-hydrogen) atoms. The number of aromatic nitrogens is 3. The van der Waals surface area contributed by atoms with Gasteiger partial charge in [0.1, 0.15) is 0 Å². The second kappa shape index (κ2) is 8.81. The Bertz CT molecular complexity index is 1350. The highest BCUT2D eigenvalue weighted by Gasteiger charge is 2.38. The van der Waals surface area contributed by atoms with E-state index in [0.717, 1.165) is 21.9 Å². The quantitative estimate of drug-likeness (QED) is 0.378. The summed E-state index contributed by atoms with van der Waals surface area (Å²) in [5, 5.41) is 26.3. The first-order valence-corrected chi connectivity index (χ1v) is 9.17. The van der Waals surface area contributed by atoms with Crippen molar-refractivity contribution in [1.82, 2.24) is 15.2 Å². The molecule has 12 heteroatoms. The van der Waals surface area contributed by atoms with E-state index in [4.69, 9.17) is 19.4 Å². The Balaban J connectivity index is 0.000000383. The third kappa shape index (κ3) is 4.59. The number of ether oxygens (including phenoxy) is 2. The van der Waals surface area contributed by atoms with Crippen molar-refractivity contribution in [2.75, 3.05) is 14.2 Å². The lowest BCUT2D eigenvalue weighted by atomic mass is 10.00. The highest BCUT2D eigenvalue weighted by atomic mass is 19.4. The van der Waals surface area contributed by atoms with Gasteiger partial charge >= 0.3 is 12.1 Å². The maximum Gasteiger partial charge on any atom is 0.490 e. The predicted octanol–water partition coefficient (Wildman–Crippen LogP) is 4.58. The molecule has 0 fully saturated rings. The minimum absolute atomic E-state index is 0.408. The lowest BCUT2D eigenvalue weighted by Crippen LogP contribution is -2.21. The molecule has 0 saturated carbocycles. The molecule has 4 rings (SSSR count). The molecule has 0 bridgehead atoms. The first kappa shape index (κ1) is 23.6. The Hall–Kier alpha value is -4.09.